The fourth-order valence-corrected chi connectivity index (χ4v) is 3.64. The Labute approximate surface area is 163 Å². The molecule has 2 aromatic heterocycles. The van der Waals surface area contributed by atoms with Crippen molar-refractivity contribution >= 4 is 17.4 Å². The molecule has 0 spiro atoms. The Balaban J connectivity index is 1.33. The first kappa shape index (κ1) is 18.2. The monoisotopic (exact) mass is 380 g/mol. The standard InChI is InChI=1S/C20H24N6O2/c1-24(13-15-3-5-17(28-2)6-4-15)20(27)16-9-11-25(12-10-16)19-8-7-18-22-21-14-26(18)23-19/h3-8,14,16H,9-13H2,1-2H3. The van der Waals surface area contributed by atoms with Gasteiger partial charge in [0.1, 0.15) is 17.9 Å². The first-order valence-electron chi connectivity index (χ1n) is 9.44. The van der Waals surface area contributed by atoms with Crippen LogP contribution in [0.2, 0.25) is 0 Å². The maximum absolute atomic E-state index is 12.9. The number of methoxy groups -OCH3 is 1. The summed E-state index contributed by atoms with van der Waals surface area (Å²) in [5, 5.41) is 12.4. The minimum Gasteiger partial charge on any atom is -0.497 e. The summed E-state index contributed by atoms with van der Waals surface area (Å²) in [6, 6.07) is 11.7. The SMILES string of the molecule is COc1ccc(CN(C)C(=O)C2CCN(c3ccc4nncn4n3)CC2)cc1. The van der Waals surface area contributed by atoms with E-state index in [9.17, 15) is 4.79 Å². The number of carbonyl (C=O) groups is 1. The normalized spacial score (nSPS) is 15.0. The van der Waals surface area contributed by atoms with Crippen LogP contribution >= 0.6 is 0 Å². The fourth-order valence-electron chi connectivity index (χ4n) is 3.64. The van der Waals surface area contributed by atoms with Gasteiger partial charge in [-0.25, -0.2) is 0 Å². The van der Waals surface area contributed by atoms with E-state index in [2.05, 4.69) is 20.2 Å². The molecule has 0 radical (unpaired) electrons. The maximum atomic E-state index is 12.9. The molecule has 0 atom stereocenters. The summed E-state index contributed by atoms with van der Waals surface area (Å²) >= 11 is 0. The van der Waals surface area contributed by atoms with Gasteiger partial charge in [0.2, 0.25) is 5.91 Å². The molecule has 4 rings (SSSR count). The second kappa shape index (κ2) is 7.84. The maximum Gasteiger partial charge on any atom is 0.225 e. The molecule has 8 heteroatoms. The van der Waals surface area contributed by atoms with Crippen molar-refractivity contribution in [2.24, 2.45) is 5.92 Å². The predicted molar refractivity (Wildman–Crippen MR) is 105 cm³/mol. The van der Waals surface area contributed by atoms with Crippen LogP contribution in [0.5, 0.6) is 5.75 Å². The molecule has 28 heavy (non-hydrogen) atoms. The highest BCUT2D eigenvalue weighted by Crippen LogP contribution is 2.24. The van der Waals surface area contributed by atoms with Crippen LogP contribution in [0, 0.1) is 5.92 Å². The molecular weight excluding hydrogens is 356 g/mol. The van der Waals surface area contributed by atoms with E-state index in [1.165, 1.54) is 0 Å². The highest BCUT2D eigenvalue weighted by atomic mass is 16.5. The molecule has 1 aliphatic heterocycles. The third-order valence-corrected chi connectivity index (χ3v) is 5.27. The number of rotatable bonds is 5. The molecule has 1 aliphatic rings. The van der Waals surface area contributed by atoms with Gasteiger partial charge in [0.05, 0.1) is 7.11 Å². The Kier molecular flexibility index (Phi) is 5.10. The Morgan fingerprint density at radius 2 is 1.93 bits per heavy atom. The van der Waals surface area contributed by atoms with Gasteiger partial charge in [-0.1, -0.05) is 12.1 Å². The van der Waals surface area contributed by atoms with E-state index in [0.29, 0.717) is 6.54 Å². The van der Waals surface area contributed by atoms with Gasteiger partial charge in [-0.2, -0.15) is 4.52 Å². The first-order chi connectivity index (χ1) is 13.6. The minimum absolute atomic E-state index is 0.0538. The molecule has 0 N–H and O–H groups in total. The van der Waals surface area contributed by atoms with Gasteiger partial charge in [-0.3, -0.25) is 4.79 Å². The van der Waals surface area contributed by atoms with Crippen LogP contribution in [0.1, 0.15) is 18.4 Å². The zero-order chi connectivity index (χ0) is 19.5. The Bertz CT molecular complexity index is 947. The van der Waals surface area contributed by atoms with E-state index >= 15 is 0 Å². The van der Waals surface area contributed by atoms with Crippen LogP contribution in [0.15, 0.2) is 42.7 Å². The number of piperidine rings is 1. The molecule has 0 bridgehead atoms. The zero-order valence-corrected chi connectivity index (χ0v) is 16.2. The largest absolute Gasteiger partial charge is 0.497 e. The number of fused-ring (bicyclic) bond motifs is 1. The predicted octanol–water partition coefficient (Wildman–Crippen LogP) is 2.01. The summed E-state index contributed by atoms with van der Waals surface area (Å²) < 4.78 is 6.86. The van der Waals surface area contributed by atoms with Crippen molar-refractivity contribution in [1.82, 2.24) is 24.7 Å². The van der Waals surface area contributed by atoms with Gasteiger partial charge < -0.3 is 14.5 Å². The Morgan fingerprint density at radius 1 is 1.18 bits per heavy atom. The molecule has 0 unspecified atom stereocenters. The number of amides is 1. The molecule has 0 aliphatic carbocycles. The van der Waals surface area contributed by atoms with E-state index in [4.69, 9.17) is 4.74 Å². The second-order valence-corrected chi connectivity index (χ2v) is 7.13. The van der Waals surface area contributed by atoms with E-state index in [0.717, 1.165) is 48.7 Å². The number of carbonyl (C=O) groups excluding carboxylic acids is 1. The summed E-state index contributed by atoms with van der Waals surface area (Å²) in [7, 11) is 3.53. The average Bonchev–Trinajstić information content (AvgIpc) is 3.22. The van der Waals surface area contributed by atoms with Gasteiger partial charge in [-0.05, 0) is 42.7 Å². The summed E-state index contributed by atoms with van der Waals surface area (Å²) in [5.41, 5.74) is 1.83. The average molecular weight is 380 g/mol. The lowest BCUT2D eigenvalue weighted by Gasteiger charge is -2.33. The number of aromatic nitrogens is 4. The van der Waals surface area contributed by atoms with Crippen molar-refractivity contribution in [2.75, 3.05) is 32.1 Å². The number of anilines is 1. The molecule has 3 aromatic rings. The van der Waals surface area contributed by atoms with Crippen LogP contribution < -0.4 is 9.64 Å². The van der Waals surface area contributed by atoms with Gasteiger partial charge in [0.15, 0.2) is 5.65 Å². The zero-order valence-electron chi connectivity index (χ0n) is 16.2. The summed E-state index contributed by atoms with van der Waals surface area (Å²) in [6.45, 7) is 2.23. The quantitative estimate of drug-likeness (QED) is 0.674. The fraction of sp³-hybridized carbons (Fsp3) is 0.400. The molecule has 1 amide bonds. The lowest BCUT2D eigenvalue weighted by molar-refractivity contribution is -0.135. The topological polar surface area (TPSA) is 75.9 Å². The van der Waals surface area contributed by atoms with Crippen molar-refractivity contribution in [2.45, 2.75) is 19.4 Å². The smallest absolute Gasteiger partial charge is 0.225 e. The number of benzene rings is 1. The molecule has 146 valence electrons. The van der Waals surface area contributed by atoms with E-state index in [1.54, 1.807) is 18.0 Å². The molecule has 1 fully saturated rings. The highest BCUT2D eigenvalue weighted by molar-refractivity contribution is 5.79. The second-order valence-electron chi connectivity index (χ2n) is 7.13. The summed E-state index contributed by atoms with van der Waals surface area (Å²) in [5.74, 6) is 1.98. The molecule has 0 saturated carbocycles. The first-order valence-corrected chi connectivity index (χ1v) is 9.44. The number of hydrogen-bond acceptors (Lipinski definition) is 6. The molecule has 1 aromatic carbocycles. The lowest BCUT2D eigenvalue weighted by atomic mass is 9.95. The number of hydrogen-bond donors (Lipinski definition) is 0. The molecule has 3 heterocycles. The number of nitrogens with zero attached hydrogens (tertiary/aromatic N) is 6. The van der Waals surface area contributed by atoms with Crippen LogP contribution in [0.4, 0.5) is 5.82 Å². The highest BCUT2D eigenvalue weighted by Gasteiger charge is 2.28. The summed E-state index contributed by atoms with van der Waals surface area (Å²) in [4.78, 5) is 16.9. The van der Waals surface area contributed by atoms with Crippen molar-refractivity contribution in [3.05, 3.63) is 48.3 Å². The van der Waals surface area contributed by atoms with Crippen LogP contribution in [-0.2, 0) is 11.3 Å². The van der Waals surface area contributed by atoms with Crippen LogP contribution in [0.25, 0.3) is 5.65 Å². The Morgan fingerprint density at radius 3 is 2.64 bits per heavy atom. The van der Waals surface area contributed by atoms with Gasteiger partial charge >= 0.3 is 0 Å². The van der Waals surface area contributed by atoms with Crippen molar-refractivity contribution in [1.29, 1.82) is 0 Å². The van der Waals surface area contributed by atoms with Gasteiger partial charge in [-0.15, -0.1) is 15.3 Å². The third-order valence-electron chi connectivity index (χ3n) is 5.27. The third kappa shape index (κ3) is 3.76. The molecule has 8 nitrogen and oxygen atoms in total. The van der Waals surface area contributed by atoms with Crippen molar-refractivity contribution in [3.63, 3.8) is 0 Å². The summed E-state index contributed by atoms with van der Waals surface area (Å²) in [6.07, 6.45) is 3.25. The lowest BCUT2D eigenvalue weighted by Crippen LogP contribution is -2.41. The van der Waals surface area contributed by atoms with E-state index < -0.39 is 0 Å². The molecule has 1 saturated heterocycles. The van der Waals surface area contributed by atoms with Crippen molar-refractivity contribution in [3.8, 4) is 5.75 Å². The van der Waals surface area contributed by atoms with E-state index in [1.807, 2.05) is 48.3 Å². The van der Waals surface area contributed by atoms with E-state index in [-0.39, 0.29) is 11.8 Å². The van der Waals surface area contributed by atoms with Gasteiger partial charge in [0.25, 0.3) is 0 Å². The van der Waals surface area contributed by atoms with Crippen molar-refractivity contribution < 1.29 is 9.53 Å². The van der Waals surface area contributed by atoms with Crippen LogP contribution in [-0.4, -0.2) is 57.9 Å². The van der Waals surface area contributed by atoms with Crippen LogP contribution in [0.3, 0.4) is 0 Å². The Hall–Kier alpha value is -3.16. The minimum atomic E-state index is 0.0538. The number of ether oxygens (including phenoxy) is 1. The molecular formula is C20H24N6O2. The van der Waals surface area contributed by atoms with Gasteiger partial charge in [0, 0.05) is 32.6 Å².